The second-order valence-corrected chi connectivity index (χ2v) is 20.0. The summed E-state index contributed by atoms with van der Waals surface area (Å²) in [5.41, 5.74) is 6.72. The maximum Gasteiger partial charge on any atom is 0.330 e. The number of hydrogen-bond acceptors (Lipinski definition) is 13. The van der Waals surface area contributed by atoms with Gasteiger partial charge in [0.05, 0.1) is 22.5 Å². The third-order valence-corrected chi connectivity index (χ3v) is 16.2. The molecule has 12 nitrogen and oxygen atoms in total. The second kappa shape index (κ2) is 13.3. The van der Waals surface area contributed by atoms with Gasteiger partial charge in [-0.05, 0) is 39.7 Å². The zero-order valence-electron chi connectivity index (χ0n) is 26.0. The van der Waals surface area contributed by atoms with Crippen LogP contribution in [0.2, 0.25) is 0 Å². The largest absolute Gasteiger partial charge is 0.465 e. The number of ether oxygens (including phenoxy) is 2. The van der Waals surface area contributed by atoms with Gasteiger partial charge in [-0.1, -0.05) is 51.9 Å². The van der Waals surface area contributed by atoms with Gasteiger partial charge >= 0.3 is 11.9 Å². The van der Waals surface area contributed by atoms with Gasteiger partial charge in [-0.3, -0.25) is 19.2 Å². The summed E-state index contributed by atoms with van der Waals surface area (Å²) >= 11 is 1.44. The molecule has 1 aromatic rings. The Morgan fingerprint density at radius 3 is 2.37 bits per heavy atom. The van der Waals surface area contributed by atoms with Gasteiger partial charge < -0.3 is 25.4 Å². The van der Waals surface area contributed by atoms with E-state index in [2.05, 4.69) is 5.32 Å². The minimum Gasteiger partial charge on any atom is -0.465 e. The number of Topliss-reactive ketones (excluding diaryl/α,β-unsaturated/α-hetero) is 1. The van der Waals surface area contributed by atoms with Crippen molar-refractivity contribution in [1.82, 2.24) is 10.2 Å². The van der Waals surface area contributed by atoms with E-state index in [0.717, 1.165) is 0 Å². The predicted octanol–water partition coefficient (Wildman–Crippen LogP) is 1.87. The number of β-lactam (4-membered cyclic amide) rings is 1. The first kappa shape index (κ1) is 35.0. The van der Waals surface area contributed by atoms with Crippen LogP contribution < -0.4 is 11.1 Å². The SMILES string of the molecule is CC1(C)SC2[C@H](NC(=O)C(N)c3ccccc3)C(=O)N2C1C(=O)OCCSSCCCOC(=O)[C@@H]1C2C(=O)C[C@H]2S(=O)(=O)C1(C)C. The lowest BCUT2D eigenvalue weighted by atomic mass is 9.70. The molecular weight excluding hydrogens is 675 g/mol. The molecule has 0 bridgehead atoms. The van der Waals surface area contributed by atoms with Crippen molar-refractivity contribution in [3.8, 4) is 0 Å². The number of esters is 2. The van der Waals surface area contributed by atoms with E-state index in [1.807, 2.05) is 19.9 Å². The number of nitrogens with one attached hydrogen (secondary N) is 1. The number of ketones is 1. The fourth-order valence-electron chi connectivity index (χ4n) is 6.58. The lowest BCUT2D eigenvalue weighted by molar-refractivity contribution is -0.164. The molecule has 3 saturated heterocycles. The van der Waals surface area contributed by atoms with E-state index < -0.39 is 77.8 Å². The van der Waals surface area contributed by atoms with Crippen LogP contribution in [-0.4, -0.2) is 99.8 Å². The molecule has 1 saturated carbocycles. The van der Waals surface area contributed by atoms with Crippen LogP contribution in [-0.2, 0) is 43.3 Å². The van der Waals surface area contributed by atoms with E-state index >= 15 is 0 Å². The Balaban J connectivity index is 0.987. The van der Waals surface area contributed by atoms with E-state index in [-0.39, 0.29) is 31.3 Å². The van der Waals surface area contributed by atoms with Crippen molar-refractivity contribution in [2.24, 2.45) is 17.6 Å². The Morgan fingerprint density at radius 1 is 1.04 bits per heavy atom. The summed E-state index contributed by atoms with van der Waals surface area (Å²) in [6, 6.07) is 6.40. The van der Waals surface area contributed by atoms with Crippen molar-refractivity contribution >= 4 is 72.7 Å². The molecule has 4 unspecified atom stereocenters. The van der Waals surface area contributed by atoms with Crippen molar-refractivity contribution in [2.75, 3.05) is 24.7 Å². The predicted molar refractivity (Wildman–Crippen MR) is 176 cm³/mol. The van der Waals surface area contributed by atoms with E-state index in [4.69, 9.17) is 15.2 Å². The molecule has 3 N–H and O–H groups in total. The number of hydrogen-bond donors (Lipinski definition) is 2. The summed E-state index contributed by atoms with van der Waals surface area (Å²) in [5.74, 6) is -2.78. The fourth-order valence-corrected chi connectivity index (χ4v) is 12.5. The molecule has 16 heteroatoms. The van der Waals surface area contributed by atoms with Crippen LogP contribution in [0.1, 0.15) is 52.1 Å². The molecule has 1 aromatic carbocycles. The van der Waals surface area contributed by atoms with Crippen LogP contribution in [0.15, 0.2) is 30.3 Å². The average Bonchev–Trinajstić information content (AvgIpc) is 3.33. The number of carbonyl (C=O) groups is 5. The van der Waals surface area contributed by atoms with Gasteiger partial charge in [0.1, 0.15) is 35.9 Å². The number of fused-ring (bicyclic) bond motifs is 2. The van der Waals surface area contributed by atoms with E-state index in [1.165, 1.54) is 52.1 Å². The first-order valence-electron chi connectivity index (χ1n) is 15.1. The van der Waals surface area contributed by atoms with Crippen LogP contribution in [0.5, 0.6) is 0 Å². The van der Waals surface area contributed by atoms with Crippen molar-refractivity contribution in [1.29, 1.82) is 0 Å². The molecule has 4 aliphatic rings. The molecule has 3 aliphatic heterocycles. The highest BCUT2D eigenvalue weighted by atomic mass is 33.1. The van der Waals surface area contributed by atoms with Crippen LogP contribution in [0.3, 0.4) is 0 Å². The zero-order chi connectivity index (χ0) is 33.6. The third-order valence-electron chi connectivity index (χ3n) is 9.18. The van der Waals surface area contributed by atoms with Gasteiger partial charge in [0.2, 0.25) is 11.8 Å². The molecule has 0 aromatic heterocycles. The fraction of sp³-hybridized carbons (Fsp3) is 0.633. The lowest BCUT2D eigenvalue weighted by Crippen LogP contribution is -2.71. The number of benzene rings is 1. The monoisotopic (exact) mass is 713 g/mol. The maximum absolute atomic E-state index is 13.1. The standard InChI is InChI=1S/C30H39N3O9S4/c1-29(2)23(33-25(36)22(26(33)45-29)32-24(35)21(31)16-9-6-5-7-10-16)28(38)42-12-14-44-43-13-8-11-41-27(37)20-19-17(34)15-18(19)46(39,40)30(20,3)4/h5-7,9-10,18-23,26H,8,11-15,31H2,1-4H3,(H,32,35)/t18-,19?,20+,21?,22-,23?,26?/m1/s1. The number of nitrogens with two attached hydrogens (primary N) is 1. The molecular formula is C30H39N3O9S4. The lowest BCUT2D eigenvalue weighted by Gasteiger charge is -2.44. The molecule has 46 heavy (non-hydrogen) atoms. The van der Waals surface area contributed by atoms with Gasteiger partial charge in [0.15, 0.2) is 9.84 Å². The highest BCUT2D eigenvalue weighted by Crippen LogP contribution is 2.54. The van der Waals surface area contributed by atoms with Crippen LogP contribution in [0.25, 0.3) is 0 Å². The summed E-state index contributed by atoms with van der Waals surface area (Å²) in [5, 5.41) is 1.57. The Hall–Kier alpha value is -2.27. The van der Waals surface area contributed by atoms with Gasteiger partial charge in [-0.2, -0.15) is 0 Å². The number of thioether (sulfide) groups is 1. The molecule has 0 radical (unpaired) electrons. The first-order valence-corrected chi connectivity index (χ1v) is 20.0. The van der Waals surface area contributed by atoms with E-state index in [1.54, 1.807) is 24.3 Å². The summed E-state index contributed by atoms with van der Waals surface area (Å²) in [6.07, 6.45) is 0.508. The molecule has 252 valence electrons. The summed E-state index contributed by atoms with van der Waals surface area (Å²) in [6.45, 7) is 6.98. The molecule has 1 aliphatic carbocycles. The Bertz CT molecular complexity index is 1500. The van der Waals surface area contributed by atoms with Gasteiger partial charge in [0.25, 0.3) is 0 Å². The van der Waals surface area contributed by atoms with E-state index in [0.29, 0.717) is 23.5 Å². The topological polar surface area (TPSA) is 179 Å². The Morgan fingerprint density at radius 2 is 1.70 bits per heavy atom. The summed E-state index contributed by atoms with van der Waals surface area (Å²) in [7, 11) is -0.586. The maximum atomic E-state index is 13.1. The van der Waals surface area contributed by atoms with Crippen LogP contribution >= 0.6 is 33.3 Å². The van der Waals surface area contributed by atoms with Crippen molar-refractivity contribution in [2.45, 2.75) is 78.8 Å². The zero-order valence-corrected chi connectivity index (χ0v) is 29.3. The summed E-state index contributed by atoms with van der Waals surface area (Å²) in [4.78, 5) is 65.1. The van der Waals surface area contributed by atoms with E-state index in [9.17, 15) is 32.4 Å². The van der Waals surface area contributed by atoms with Gasteiger partial charge in [0, 0.05) is 28.6 Å². The molecule has 3 heterocycles. The van der Waals surface area contributed by atoms with Crippen molar-refractivity contribution in [3.63, 3.8) is 0 Å². The van der Waals surface area contributed by atoms with Gasteiger partial charge in [-0.25, -0.2) is 13.2 Å². The Labute approximate surface area is 280 Å². The molecule has 4 fully saturated rings. The summed E-state index contributed by atoms with van der Waals surface area (Å²) < 4.78 is 34.4. The smallest absolute Gasteiger partial charge is 0.330 e. The van der Waals surface area contributed by atoms with Gasteiger partial charge in [-0.15, -0.1) is 11.8 Å². The average molecular weight is 714 g/mol. The third kappa shape index (κ3) is 6.19. The molecule has 0 spiro atoms. The number of sulfone groups is 1. The number of carbonyl (C=O) groups excluding carboxylic acids is 5. The number of nitrogens with zero attached hydrogens (tertiary/aromatic N) is 1. The van der Waals surface area contributed by atoms with Crippen LogP contribution in [0.4, 0.5) is 0 Å². The highest BCUT2D eigenvalue weighted by molar-refractivity contribution is 8.76. The minimum absolute atomic E-state index is 0.0249. The quantitative estimate of drug-likeness (QED) is 0.131. The number of rotatable bonds is 13. The molecule has 2 amide bonds. The van der Waals surface area contributed by atoms with Crippen molar-refractivity contribution < 1.29 is 41.9 Å². The highest BCUT2D eigenvalue weighted by Gasteiger charge is 2.69. The minimum atomic E-state index is -3.59. The van der Waals surface area contributed by atoms with Crippen LogP contribution in [0, 0.1) is 11.8 Å². The van der Waals surface area contributed by atoms with Crippen molar-refractivity contribution in [3.05, 3.63) is 35.9 Å². The molecule has 7 atom stereocenters. The number of amides is 2. The Kier molecular flexibility index (Phi) is 10.2. The second-order valence-electron chi connectivity index (χ2n) is 12.8. The first-order chi connectivity index (χ1) is 21.6. The molecule has 5 rings (SSSR count). The normalized spacial score (nSPS) is 30.3.